The highest BCUT2D eigenvalue weighted by molar-refractivity contribution is 7.92. The largest absolute Gasteiger partial charge is 0.451 e. The van der Waals surface area contributed by atoms with Crippen LogP contribution in [0.1, 0.15) is 24.2 Å². The average molecular weight is 365 g/mol. The van der Waals surface area contributed by atoms with E-state index < -0.39 is 27.9 Å². The van der Waals surface area contributed by atoms with Crippen LogP contribution >= 0.6 is 0 Å². The summed E-state index contributed by atoms with van der Waals surface area (Å²) < 4.78 is 44.9. The number of esters is 1. The van der Waals surface area contributed by atoms with Gasteiger partial charge in [-0.05, 0) is 56.3 Å². The van der Waals surface area contributed by atoms with Gasteiger partial charge in [0.05, 0.1) is 10.5 Å². The van der Waals surface area contributed by atoms with Crippen molar-refractivity contribution in [3.63, 3.8) is 0 Å². The van der Waals surface area contributed by atoms with Crippen LogP contribution < -0.4 is 4.72 Å². The van der Waals surface area contributed by atoms with Crippen LogP contribution in [0.2, 0.25) is 0 Å². The molecule has 0 aliphatic carbocycles. The number of ketones is 1. The van der Waals surface area contributed by atoms with Gasteiger partial charge in [0, 0.05) is 5.69 Å². The molecule has 25 heavy (non-hydrogen) atoms. The maximum Gasteiger partial charge on any atom is 0.338 e. The maximum atomic E-state index is 12.9. The Hall–Kier alpha value is -2.74. The number of benzene rings is 2. The van der Waals surface area contributed by atoms with Gasteiger partial charge in [-0.25, -0.2) is 17.6 Å². The van der Waals surface area contributed by atoms with Crippen LogP contribution in [-0.4, -0.2) is 26.3 Å². The standard InChI is InChI=1S/C17H16FNO5S/c1-11(20)12(2)24-17(21)13-4-3-5-16(10-13)25(22,23)19-15-8-6-14(18)7-9-15/h3-10,12,19H,1-2H3/t12-/m1/s1. The highest BCUT2D eigenvalue weighted by Crippen LogP contribution is 2.18. The Balaban J connectivity index is 2.23. The second-order valence-electron chi connectivity index (χ2n) is 5.30. The van der Waals surface area contributed by atoms with Gasteiger partial charge in [-0.1, -0.05) is 6.07 Å². The van der Waals surface area contributed by atoms with Crippen molar-refractivity contribution >= 4 is 27.5 Å². The zero-order valence-corrected chi connectivity index (χ0v) is 14.3. The van der Waals surface area contributed by atoms with Gasteiger partial charge >= 0.3 is 5.97 Å². The molecule has 6 nitrogen and oxygen atoms in total. The molecule has 0 radical (unpaired) electrons. The highest BCUT2D eigenvalue weighted by Gasteiger charge is 2.19. The first-order chi connectivity index (χ1) is 11.7. The monoisotopic (exact) mass is 365 g/mol. The van der Waals surface area contributed by atoms with Crippen LogP contribution in [0, 0.1) is 5.82 Å². The lowest BCUT2D eigenvalue weighted by Crippen LogP contribution is -2.22. The Kier molecular flexibility index (Phi) is 5.53. The number of rotatable bonds is 6. The molecular weight excluding hydrogens is 349 g/mol. The number of hydrogen-bond acceptors (Lipinski definition) is 5. The van der Waals surface area contributed by atoms with Crippen molar-refractivity contribution in [2.24, 2.45) is 0 Å². The number of Topliss-reactive ketones (excluding diaryl/α,β-unsaturated/α-hetero) is 1. The van der Waals surface area contributed by atoms with E-state index in [9.17, 15) is 22.4 Å². The van der Waals surface area contributed by atoms with Crippen molar-refractivity contribution < 1.29 is 27.1 Å². The second kappa shape index (κ2) is 7.43. The number of sulfonamides is 1. The van der Waals surface area contributed by atoms with Crippen molar-refractivity contribution in [3.8, 4) is 0 Å². The minimum Gasteiger partial charge on any atom is -0.451 e. The molecule has 0 amide bonds. The fourth-order valence-corrected chi connectivity index (χ4v) is 2.94. The van der Waals surface area contributed by atoms with Crippen molar-refractivity contribution in [1.82, 2.24) is 0 Å². The van der Waals surface area contributed by atoms with E-state index in [2.05, 4.69) is 4.72 Å². The van der Waals surface area contributed by atoms with Crippen LogP contribution in [0.3, 0.4) is 0 Å². The zero-order chi connectivity index (χ0) is 18.6. The predicted molar refractivity (Wildman–Crippen MR) is 89.2 cm³/mol. The van der Waals surface area contributed by atoms with E-state index in [0.717, 1.165) is 18.2 Å². The molecule has 0 bridgehead atoms. The number of hydrogen-bond donors (Lipinski definition) is 1. The topological polar surface area (TPSA) is 89.5 Å². The SMILES string of the molecule is CC(=O)[C@@H](C)OC(=O)c1cccc(S(=O)(=O)Nc2ccc(F)cc2)c1. The summed E-state index contributed by atoms with van der Waals surface area (Å²) in [5.41, 5.74) is 0.176. The van der Waals surface area contributed by atoms with E-state index in [4.69, 9.17) is 4.74 Å². The first kappa shape index (κ1) is 18.6. The Morgan fingerprint density at radius 3 is 2.36 bits per heavy atom. The van der Waals surface area contributed by atoms with Gasteiger partial charge < -0.3 is 4.74 Å². The summed E-state index contributed by atoms with van der Waals surface area (Å²) in [6.45, 7) is 2.71. The quantitative estimate of drug-likeness (QED) is 0.795. The van der Waals surface area contributed by atoms with Gasteiger partial charge in [0.2, 0.25) is 0 Å². The van der Waals surface area contributed by atoms with Gasteiger partial charge in [-0.15, -0.1) is 0 Å². The molecule has 132 valence electrons. The third-order valence-electron chi connectivity index (χ3n) is 3.33. The summed E-state index contributed by atoms with van der Waals surface area (Å²) in [5.74, 6) is -1.62. The minimum absolute atomic E-state index is 0.00455. The third kappa shape index (κ3) is 4.87. The molecule has 2 rings (SSSR count). The molecule has 0 spiro atoms. The molecule has 2 aromatic rings. The molecule has 0 aliphatic heterocycles. The normalized spacial score (nSPS) is 12.3. The molecule has 0 unspecified atom stereocenters. The van der Waals surface area contributed by atoms with E-state index >= 15 is 0 Å². The Morgan fingerprint density at radius 1 is 1.12 bits per heavy atom. The molecule has 2 aromatic carbocycles. The summed E-state index contributed by atoms with van der Waals surface area (Å²) in [6, 6.07) is 10.0. The van der Waals surface area contributed by atoms with Crippen LogP contribution in [0.15, 0.2) is 53.4 Å². The number of halogens is 1. The number of anilines is 1. The Labute approximate surface area is 144 Å². The molecule has 8 heteroatoms. The van der Waals surface area contributed by atoms with Gasteiger partial charge in [0.25, 0.3) is 10.0 Å². The third-order valence-corrected chi connectivity index (χ3v) is 4.71. The molecular formula is C17H16FNO5S. The van der Waals surface area contributed by atoms with E-state index in [1.807, 2.05) is 0 Å². The number of carbonyl (C=O) groups is 2. The average Bonchev–Trinajstić information content (AvgIpc) is 2.56. The molecule has 1 atom stereocenters. The fraction of sp³-hybridized carbons (Fsp3) is 0.176. The zero-order valence-electron chi connectivity index (χ0n) is 13.5. The van der Waals surface area contributed by atoms with E-state index in [1.165, 1.54) is 44.2 Å². The van der Waals surface area contributed by atoms with Crippen LogP contribution in [0.5, 0.6) is 0 Å². The van der Waals surface area contributed by atoms with E-state index in [1.54, 1.807) is 0 Å². The summed E-state index contributed by atoms with van der Waals surface area (Å²) in [6.07, 6.45) is -0.926. The van der Waals surface area contributed by atoms with Crippen molar-refractivity contribution in [2.75, 3.05) is 4.72 Å². The van der Waals surface area contributed by atoms with Crippen molar-refractivity contribution in [2.45, 2.75) is 24.8 Å². The molecule has 0 saturated carbocycles. The molecule has 0 aromatic heterocycles. The van der Waals surface area contributed by atoms with Crippen molar-refractivity contribution in [1.29, 1.82) is 0 Å². The summed E-state index contributed by atoms with van der Waals surface area (Å²) in [4.78, 5) is 23.0. The minimum atomic E-state index is -3.97. The Morgan fingerprint density at radius 2 is 1.76 bits per heavy atom. The van der Waals surface area contributed by atoms with E-state index in [0.29, 0.717) is 0 Å². The lowest BCUT2D eigenvalue weighted by atomic mass is 10.2. The number of carbonyl (C=O) groups excluding carboxylic acids is 2. The maximum absolute atomic E-state index is 12.9. The van der Waals surface area contributed by atoms with Crippen LogP contribution in [0.4, 0.5) is 10.1 Å². The Bertz CT molecular complexity index is 894. The molecule has 0 aliphatic rings. The second-order valence-corrected chi connectivity index (χ2v) is 6.98. The summed E-state index contributed by atoms with van der Waals surface area (Å²) >= 11 is 0. The summed E-state index contributed by atoms with van der Waals surface area (Å²) in [7, 11) is -3.97. The van der Waals surface area contributed by atoms with Crippen molar-refractivity contribution in [3.05, 3.63) is 59.9 Å². The van der Waals surface area contributed by atoms with Crippen LogP contribution in [0.25, 0.3) is 0 Å². The molecule has 1 N–H and O–H groups in total. The predicted octanol–water partition coefficient (Wildman–Crippen LogP) is 2.76. The summed E-state index contributed by atoms with van der Waals surface area (Å²) in [5, 5.41) is 0. The lowest BCUT2D eigenvalue weighted by Gasteiger charge is -2.11. The van der Waals surface area contributed by atoms with Gasteiger partial charge in [-0.3, -0.25) is 9.52 Å². The molecule has 0 heterocycles. The van der Waals surface area contributed by atoms with Gasteiger partial charge in [0.15, 0.2) is 11.9 Å². The lowest BCUT2D eigenvalue weighted by molar-refractivity contribution is -0.124. The fourth-order valence-electron chi connectivity index (χ4n) is 1.83. The number of nitrogens with one attached hydrogen (secondary N) is 1. The first-order valence-corrected chi connectivity index (χ1v) is 8.77. The highest BCUT2D eigenvalue weighted by atomic mass is 32.2. The molecule has 0 saturated heterocycles. The van der Waals surface area contributed by atoms with Crippen LogP contribution in [-0.2, 0) is 19.6 Å². The molecule has 0 fully saturated rings. The van der Waals surface area contributed by atoms with E-state index in [-0.39, 0.29) is 21.9 Å². The first-order valence-electron chi connectivity index (χ1n) is 7.29. The smallest absolute Gasteiger partial charge is 0.338 e. The van der Waals surface area contributed by atoms with Gasteiger partial charge in [-0.2, -0.15) is 0 Å². The number of ether oxygens (including phenoxy) is 1. The van der Waals surface area contributed by atoms with Gasteiger partial charge in [0.1, 0.15) is 5.82 Å².